The number of piperidine rings is 1. The molecule has 5 rings (SSSR count). The van der Waals surface area contributed by atoms with Crippen LogP contribution in [-0.4, -0.2) is 91.2 Å². The number of anilines is 3. The Balaban J connectivity index is -0.000000141. The summed E-state index contributed by atoms with van der Waals surface area (Å²) in [6, 6.07) is 12.4. The first kappa shape index (κ1) is 60.7. The zero-order valence-corrected chi connectivity index (χ0v) is 41.6. The molecule has 2 aromatic carbocycles. The van der Waals surface area contributed by atoms with E-state index in [2.05, 4.69) is 225 Å². The fraction of sp³-hybridized carbons (Fsp3) is 0.196. The highest BCUT2D eigenvalue weighted by Gasteiger charge is 2.18. The van der Waals surface area contributed by atoms with E-state index in [0.29, 0.717) is 46.0 Å². The number of rotatable bonds is 15. The van der Waals surface area contributed by atoms with Crippen LogP contribution in [0.15, 0.2) is 87.3 Å². The van der Waals surface area contributed by atoms with Gasteiger partial charge in [0.1, 0.15) is 24.9 Å². The maximum Gasteiger partial charge on any atom is 0.258 e. The number of nitrogens with one attached hydrogen (secondary N) is 3. The molecule has 6 N–H and O–H groups in total. The quantitative estimate of drug-likeness (QED) is 0.0282. The lowest BCUT2D eigenvalue weighted by Crippen LogP contribution is -2.38. The van der Waals surface area contributed by atoms with E-state index in [-0.39, 0.29) is 40.9 Å². The smallest absolute Gasteiger partial charge is 0.258 e. The monoisotopic (exact) mass is 1060 g/mol. The van der Waals surface area contributed by atoms with Gasteiger partial charge in [-0.2, -0.15) is 5.53 Å². The largest absolute Gasteiger partial charge is 0.493 e. The van der Waals surface area contributed by atoms with E-state index < -0.39 is 6.10 Å². The van der Waals surface area contributed by atoms with Crippen molar-refractivity contribution in [3.63, 3.8) is 0 Å². The van der Waals surface area contributed by atoms with Crippen LogP contribution in [0.2, 0.25) is 0 Å². The molecule has 406 valence electrons. The molecule has 0 spiro atoms. The van der Waals surface area contributed by atoms with Gasteiger partial charge in [0, 0.05) is 98.5 Å². The van der Waals surface area contributed by atoms with Crippen molar-refractivity contribution in [1.29, 1.82) is 5.53 Å². The van der Waals surface area contributed by atoms with Crippen molar-refractivity contribution >= 4 is 34.3 Å². The molecule has 0 aliphatic carbocycles. The number of likely N-dealkylation sites (tertiary alicyclic amines) is 1. The molecule has 1 aliphatic heterocycles. The van der Waals surface area contributed by atoms with Gasteiger partial charge in [0.2, 0.25) is 5.95 Å². The third-order valence-corrected chi connectivity index (χ3v) is 8.51. The summed E-state index contributed by atoms with van der Waals surface area (Å²) in [6.45, 7) is 6.16. The highest BCUT2D eigenvalue weighted by Crippen LogP contribution is 2.35. The van der Waals surface area contributed by atoms with Gasteiger partial charge in [0.25, 0.3) is 5.91 Å². The number of fused-ring (bicyclic) bond motifs is 1. The number of hydrogen-bond donors (Lipinski definition) is 6. The molecule has 2 aromatic heterocycles. The molecule has 1 unspecified atom stereocenters. The van der Waals surface area contributed by atoms with Crippen LogP contribution < -0.4 is 20.1 Å². The highest BCUT2D eigenvalue weighted by atomic mass is 17.4. The molecule has 0 bridgehead atoms. The van der Waals surface area contributed by atoms with Crippen LogP contribution in [0.1, 0.15) is 60.6 Å². The van der Waals surface area contributed by atoms with Gasteiger partial charge in [-0.15, -0.1) is 0 Å². The minimum absolute atomic E-state index is 0. The lowest BCUT2D eigenvalue weighted by atomic mass is 10.1. The van der Waals surface area contributed by atoms with Crippen LogP contribution in [0.4, 0.5) is 17.5 Å². The zero-order valence-electron chi connectivity index (χ0n) is 41.6. The third-order valence-electron chi connectivity index (χ3n) is 8.51. The minimum atomic E-state index is -0.605. The first-order valence-electron chi connectivity index (χ1n) is 22.1. The van der Waals surface area contributed by atoms with Gasteiger partial charge < -0.3 is 24.8 Å². The van der Waals surface area contributed by atoms with Crippen molar-refractivity contribution in [2.75, 3.05) is 44.0 Å². The number of ether oxygens (including phenoxy) is 2. The predicted molar refractivity (Wildman–Crippen MR) is 310 cm³/mol. The van der Waals surface area contributed by atoms with Gasteiger partial charge in [-0.1, -0.05) is 46.4 Å². The number of benzene rings is 2. The highest BCUT2D eigenvalue weighted by molar-refractivity contribution is 6.03. The van der Waals surface area contributed by atoms with E-state index >= 15 is 0 Å². The van der Waals surface area contributed by atoms with E-state index in [4.69, 9.17) is 25.5 Å². The molecule has 1 atom stereocenters. The third kappa shape index (κ3) is 26.7. The summed E-state index contributed by atoms with van der Waals surface area (Å²) in [7, 11) is 1.56. The van der Waals surface area contributed by atoms with Crippen LogP contribution in [-0.2, 0) is 9.98 Å². The first-order chi connectivity index (χ1) is 38.3. The Morgan fingerprint density at radius 3 is 1.69 bits per heavy atom. The van der Waals surface area contributed by atoms with E-state index in [1.165, 1.54) is 25.6 Å². The molecule has 3 heterocycles. The molecule has 1 aliphatic rings. The molecule has 0 radical (unpaired) electrons. The Kier molecular flexibility index (Phi) is 31.1. The molecule has 78 heavy (non-hydrogen) atoms. The lowest BCUT2D eigenvalue weighted by Gasteiger charge is -2.28. The normalized spacial score (nSPS) is 10.2. The maximum atomic E-state index is 12.3. The van der Waals surface area contributed by atoms with Crippen molar-refractivity contribution in [3.05, 3.63) is 66.7 Å². The molecule has 22 nitrogen and oxygen atoms in total. The average molecular weight is 1060 g/mol. The molecular formula is C56H64N14O8. The summed E-state index contributed by atoms with van der Waals surface area (Å²) >= 11 is 0. The summed E-state index contributed by atoms with van der Waals surface area (Å²) in [5, 5.41) is 45.6. The molecule has 1 saturated heterocycles. The van der Waals surface area contributed by atoms with Gasteiger partial charge in [-0.3, -0.25) is 10.1 Å². The van der Waals surface area contributed by atoms with Crippen molar-refractivity contribution in [3.8, 4) is 165 Å². The number of aliphatic hydroxyl groups is 1. The zero-order chi connectivity index (χ0) is 55.9. The fourth-order valence-corrected chi connectivity index (χ4v) is 5.42. The molecule has 1 amide bonds. The summed E-state index contributed by atoms with van der Waals surface area (Å²) in [5.41, 5.74) is 7.80. The fourth-order valence-electron chi connectivity index (χ4n) is 5.42. The predicted octanol–water partition coefficient (Wildman–Crippen LogP) is 8.45. The Hall–Kier alpha value is -11.6. The second-order valence-corrected chi connectivity index (χ2v) is 13.7. The lowest BCUT2D eigenvalue weighted by molar-refractivity contribution is -0.587. The van der Waals surface area contributed by atoms with Crippen LogP contribution in [0.5, 0.6) is 11.5 Å². The molecule has 0 saturated carbocycles. The van der Waals surface area contributed by atoms with Gasteiger partial charge in [0.15, 0.2) is 11.5 Å². The summed E-state index contributed by atoms with van der Waals surface area (Å²) in [5.74, 6) is 67.0. The van der Waals surface area contributed by atoms with E-state index in [1.54, 1.807) is 69.7 Å². The van der Waals surface area contributed by atoms with Crippen LogP contribution in [0.25, 0.3) is 10.9 Å². The maximum absolute atomic E-state index is 12.3. The summed E-state index contributed by atoms with van der Waals surface area (Å²) < 4.78 is 11.5. The minimum Gasteiger partial charge on any atom is -0.493 e. The Labute approximate surface area is 467 Å². The molecule has 4 aromatic rings. The number of carbonyl (C=O) groups excluding carboxylic acids is 1. The van der Waals surface area contributed by atoms with Gasteiger partial charge in [-0.05, 0) is 168 Å². The second-order valence-electron chi connectivity index (χ2n) is 13.7. The second kappa shape index (κ2) is 39.9. The number of aliphatic hydroxyl groups excluding tert-OH is 1. The summed E-state index contributed by atoms with van der Waals surface area (Å²) in [6.07, 6.45) is 7.54. The SMILES string of the molecule is CC#CC#CC#CC#CC#CC#CC#CC#CC#CC#CC#CC#CC#CC.COc1cc2c(Nc3cnc(NC(=O)c4ccccc4)nc3)ncnc2cc1OCC(O)CN1CCCCC1.N=N/N=N/N=N/N(OO)OO.[HH].[HH].[HH].[HH].[HH].[HH].[HH].[HH].[HH].[HH].[HH].[HH]. The first-order valence-corrected chi connectivity index (χ1v) is 22.1. The number of amides is 1. The Bertz CT molecular complexity index is 3570. The number of aromatic nitrogens is 4. The van der Waals surface area contributed by atoms with E-state index in [1.807, 2.05) is 6.07 Å². The molecular weight excluding hydrogens is 997 g/mol. The standard InChI is InChI=1S/C28H31N7O4.C28H6.H3N7O4.12H2/c1-38-24-12-22-23(13-25(24)39-17-21(36)16-35-10-6-3-7-11-35)31-18-32-26(22)33-20-14-29-28(30-15-20)34-27(37)19-8-4-2-5-9-19;1-3-5-7-9-11-13-15-17-19-21-23-25-27-28-26-24-22-20-18-16-14-12-10-8-6-4-2;1-2-3-4-5-6-7(10-8)11-9;;;;;;;;;;;;/h2,4-5,8-9,12-15,18,21,36H,3,6-7,10-11,16-17H2,1H3,(H,31,32,33)(H,29,30,34,37);1-2H3;1,8-9H;12*1H/b;;2-1?,4-3+,6-5+;;;;;;;;;;;;. The van der Waals surface area contributed by atoms with Crippen molar-refractivity contribution < 1.29 is 57.0 Å². The van der Waals surface area contributed by atoms with Gasteiger partial charge in [-0.25, -0.2) is 30.5 Å². The number of nitrogens with zero attached hydrogens (tertiary/aromatic N) is 11. The van der Waals surface area contributed by atoms with Crippen LogP contribution in [0.3, 0.4) is 0 Å². The Morgan fingerprint density at radius 2 is 1.22 bits per heavy atom. The Morgan fingerprint density at radius 1 is 0.705 bits per heavy atom. The van der Waals surface area contributed by atoms with E-state index in [9.17, 15) is 9.90 Å². The van der Waals surface area contributed by atoms with Gasteiger partial charge in [0.05, 0.1) is 36.0 Å². The number of carbonyl (C=O) groups is 1. The number of hydrogen-bond acceptors (Lipinski definition) is 16. The number of β-amino-alcohol motifs (C(OH)–C–C–N with tert-alkyl or cyclic N) is 1. The average Bonchev–Trinajstić information content (AvgIpc) is 0.868. The molecule has 1 fully saturated rings. The van der Waals surface area contributed by atoms with Crippen LogP contribution in [0, 0.1) is 159 Å². The van der Waals surface area contributed by atoms with Crippen molar-refractivity contribution in [2.24, 2.45) is 26.1 Å². The van der Waals surface area contributed by atoms with Crippen molar-refractivity contribution in [2.45, 2.75) is 39.2 Å². The summed E-state index contributed by atoms with van der Waals surface area (Å²) in [4.78, 5) is 38.2. The van der Waals surface area contributed by atoms with Crippen molar-refractivity contribution in [1.82, 2.24) is 30.2 Å². The number of methoxy groups -OCH3 is 1. The van der Waals surface area contributed by atoms with Gasteiger partial charge >= 0.3 is 0 Å². The van der Waals surface area contributed by atoms with E-state index in [0.717, 1.165) is 13.1 Å². The topological polar surface area (TPSA) is 282 Å². The molecule has 22 heteroatoms. The van der Waals surface area contributed by atoms with Crippen LogP contribution >= 0.6 is 0 Å².